The van der Waals surface area contributed by atoms with Crippen molar-refractivity contribution >= 4 is 32.3 Å². The fourth-order valence-electron chi connectivity index (χ4n) is 4.68. The molecule has 0 atom stereocenters. The van der Waals surface area contributed by atoms with Gasteiger partial charge in [0.05, 0.1) is 27.8 Å². The molecule has 0 unspecified atom stereocenters. The van der Waals surface area contributed by atoms with Crippen LogP contribution in [0.1, 0.15) is 43.7 Å². The number of hydrogen-bond donors (Lipinski definition) is 2. The molecule has 180 valence electrons. The van der Waals surface area contributed by atoms with Gasteiger partial charge in [0, 0.05) is 35.5 Å². The molecule has 6 rings (SSSR count). The summed E-state index contributed by atoms with van der Waals surface area (Å²) in [5.41, 5.74) is 11.8. The van der Waals surface area contributed by atoms with E-state index in [0.717, 1.165) is 53.4 Å². The number of hydrogen-bond acceptors (Lipinski definition) is 6. The fraction of sp³-hybridized carbons (Fsp3) is 0.308. The first-order valence-corrected chi connectivity index (χ1v) is 13.5. The molecule has 2 aliphatic carbocycles. The summed E-state index contributed by atoms with van der Waals surface area (Å²) in [6.45, 7) is 1.92. The summed E-state index contributed by atoms with van der Waals surface area (Å²) in [5, 5.41) is 0.695. The SMILES string of the molecule is Cc1cc(-c2c(N)c3ccc(Oc4ncccn4)cc3n2C2CCC2)ccc1NS(=O)(=O)C1CC1. The molecule has 35 heavy (non-hydrogen) atoms. The molecule has 0 bridgehead atoms. The molecule has 3 N–H and O–H groups in total. The fourth-order valence-corrected chi connectivity index (χ4v) is 6.14. The number of anilines is 2. The van der Waals surface area contributed by atoms with Gasteiger partial charge in [0.25, 0.3) is 0 Å². The van der Waals surface area contributed by atoms with Gasteiger partial charge in [-0.25, -0.2) is 18.4 Å². The van der Waals surface area contributed by atoms with Crippen LogP contribution in [0.5, 0.6) is 11.8 Å². The van der Waals surface area contributed by atoms with Crippen LogP contribution >= 0.6 is 0 Å². The molecule has 2 aromatic carbocycles. The molecule has 0 amide bonds. The lowest BCUT2D eigenvalue weighted by Gasteiger charge is -2.30. The number of nitrogens with two attached hydrogens (primary N) is 1. The Balaban J connectivity index is 1.42. The molecular weight excluding hydrogens is 462 g/mol. The largest absolute Gasteiger partial charge is 0.424 e. The number of sulfonamides is 1. The molecular formula is C26H27N5O3S. The van der Waals surface area contributed by atoms with Gasteiger partial charge in [-0.05, 0) is 74.9 Å². The van der Waals surface area contributed by atoms with E-state index in [2.05, 4.69) is 19.3 Å². The normalized spacial score (nSPS) is 16.3. The van der Waals surface area contributed by atoms with Gasteiger partial charge in [-0.3, -0.25) is 4.72 Å². The Morgan fingerprint density at radius 1 is 1.06 bits per heavy atom. The predicted octanol–water partition coefficient (Wildman–Crippen LogP) is 5.41. The average molecular weight is 490 g/mol. The van der Waals surface area contributed by atoms with Crippen LogP contribution in [0.4, 0.5) is 11.4 Å². The Morgan fingerprint density at radius 3 is 2.49 bits per heavy atom. The molecule has 2 aromatic heterocycles. The molecule has 0 saturated heterocycles. The number of benzene rings is 2. The zero-order chi connectivity index (χ0) is 24.2. The maximum Gasteiger partial charge on any atom is 0.321 e. The summed E-state index contributed by atoms with van der Waals surface area (Å²) >= 11 is 0. The Morgan fingerprint density at radius 2 is 1.83 bits per heavy atom. The minimum Gasteiger partial charge on any atom is -0.424 e. The summed E-state index contributed by atoms with van der Waals surface area (Å²) in [4.78, 5) is 8.31. The van der Waals surface area contributed by atoms with Crippen LogP contribution in [0.3, 0.4) is 0 Å². The summed E-state index contributed by atoms with van der Waals surface area (Å²) < 4.78 is 35.8. The van der Waals surface area contributed by atoms with Crippen molar-refractivity contribution in [3.63, 3.8) is 0 Å². The summed E-state index contributed by atoms with van der Waals surface area (Å²) in [7, 11) is -3.32. The summed E-state index contributed by atoms with van der Waals surface area (Å²) in [6, 6.07) is 14.0. The van der Waals surface area contributed by atoms with Crippen molar-refractivity contribution in [3.8, 4) is 23.0 Å². The maximum atomic E-state index is 12.4. The van der Waals surface area contributed by atoms with Crippen LogP contribution in [-0.2, 0) is 10.0 Å². The molecule has 0 aliphatic heterocycles. The van der Waals surface area contributed by atoms with Crippen molar-refractivity contribution in [2.24, 2.45) is 0 Å². The van der Waals surface area contributed by atoms with Crippen molar-refractivity contribution < 1.29 is 13.2 Å². The highest BCUT2D eigenvalue weighted by molar-refractivity contribution is 7.93. The highest BCUT2D eigenvalue weighted by Crippen LogP contribution is 2.45. The van der Waals surface area contributed by atoms with Gasteiger partial charge < -0.3 is 15.0 Å². The van der Waals surface area contributed by atoms with Gasteiger partial charge in [0.1, 0.15) is 5.75 Å². The summed E-state index contributed by atoms with van der Waals surface area (Å²) in [5.74, 6) is 0.648. The standard InChI is InChI=1S/C26H27N5O3S/c1-16-14-17(6-11-22(16)30-35(32,33)20-8-9-20)25-24(27)21-10-7-19(34-26-28-12-3-13-29-26)15-23(21)31(25)18-4-2-5-18/h3,6-7,10-15,18,20,30H,2,4-5,8-9,27H2,1H3. The molecule has 2 fully saturated rings. The zero-order valence-electron chi connectivity index (χ0n) is 19.4. The first kappa shape index (κ1) is 21.9. The van der Waals surface area contributed by atoms with Crippen molar-refractivity contribution in [3.05, 3.63) is 60.4 Å². The van der Waals surface area contributed by atoms with Crippen LogP contribution in [0.2, 0.25) is 0 Å². The number of rotatable bonds is 7. The van der Waals surface area contributed by atoms with Crippen LogP contribution in [0.15, 0.2) is 54.9 Å². The Kier molecular flexibility index (Phi) is 5.17. The van der Waals surface area contributed by atoms with Crippen molar-refractivity contribution in [2.75, 3.05) is 10.5 Å². The van der Waals surface area contributed by atoms with E-state index in [1.807, 2.05) is 43.3 Å². The van der Waals surface area contributed by atoms with Gasteiger partial charge in [-0.1, -0.05) is 6.07 Å². The molecule has 0 radical (unpaired) electrons. The first-order valence-electron chi connectivity index (χ1n) is 11.9. The molecule has 4 aromatic rings. The Hall–Kier alpha value is -3.59. The van der Waals surface area contributed by atoms with Crippen molar-refractivity contribution in [1.29, 1.82) is 0 Å². The summed E-state index contributed by atoms with van der Waals surface area (Å²) in [6.07, 6.45) is 8.09. The highest BCUT2D eigenvalue weighted by atomic mass is 32.2. The monoisotopic (exact) mass is 489 g/mol. The van der Waals surface area contributed by atoms with E-state index in [0.29, 0.717) is 29.2 Å². The van der Waals surface area contributed by atoms with Crippen LogP contribution < -0.4 is 15.2 Å². The third kappa shape index (κ3) is 3.99. The molecule has 2 saturated carbocycles. The molecule has 2 heterocycles. The topological polar surface area (TPSA) is 112 Å². The number of nitrogen functional groups attached to an aromatic ring is 1. The van der Waals surface area contributed by atoms with Crippen LogP contribution in [0.25, 0.3) is 22.2 Å². The predicted molar refractivity (Wildman–Crippen MR) is 137 cm³/mol. The molecule has 0 spiro atoms. The second-order valence-electron chi connectivity index (χ2n) is 9.41. The van der Waals surface area contributed by atoms with Crippen LogP contribution in [-0.4, -0.2) is 28.2 Å². The van der Waals surface area contributed by atoms with E-state index in [9.17, 15) is 8.42 Å². The Labute approximate surface area is 204 Å². The lowest BCUT2D eigenvalue weighted by atomic mass is 9.92. The minimum atomic E-state index is -3.32. The molecule has 9 heteroatoms. The van der Waals surface area contributed by atoms with Crippen LogP contribution in [0, 0.1) is 6.92 Å². The number of fused-ring (bicyclic) bond motifs is 1. The van der Waals surface area contributed by atoms with E-state index < -0.39 is 10.0 Å². The number of aryl methyl sites for hydroxylation is 1. The van der Waals surface area contributed by atoms with Gasteiger partial charge in [-0.15, -0.1) is 0 Å². The van der Waals surface area contributed by atoms with Gasteiger partial charge in [0.2, 0.25) is 10.0 Å². The quantitative estimate of drug-likeness (QED) is 0.359. The lowest BCUT2D eigenvalue weighted by Crippen LogP contribution is -2.18. The number of aromatic nitrogens is 3. The third-order valence-corrected chi connectivity index (χ3v) is 8.77. The zero-order valence-corrected chi connectivity index (χ0v) is 20.3. The van der Waals surface area contributed by atoms with E-state index in [4.69, 9.17) is 10.5 Å². The average Bonchev–Trinajstić information content (AvgIpc) is 3.62. The Bertz CT molecular complexity index is 1520. The lowest BCUT2D eigenvalue weighted by molar-refractivity contribution is 0.324. The second-order valence-corrected chi connectivity index (χ2v) is 11.4. The van der Waals surface area contributed by atoms with E-state index in [1.54, 1.807) is 18.5 Å². The minimum absolute atomic E-state index is 0.268. The van der Waals surface area contributed by atoms with Crippen molar-refractivity contribution in [2.45, 2.75) is 50.3 Å². The van der Waals surface area contributed by atoms with Gasteiger partial charge >= 0.3 is 6.01 Å². The number of nitrogens with one attached hydrogen (secondary N) is 1. The smallest absolute Gasteiger partial charge is 0.321 e. The highest BCUT2D eigenvalue weighted by Gasteiger charge is 2.36. The maximum absolute atomic E-state index is 12.4. The van der Waals surface area contributed by atoms with Crippen molar-refractivity contribution in [1.82, 2.24) is 14.5 Å². The first-order chi connectivity index (χ1) is 16.9. The van der Waals surface area contributed by atoms with E-state index in [1.165, 1.54) is 6.42 Å². The third-order valence-electron chi connectivity index (χ3n) is 6.92. The van der Waals surface area contributed by atoms with Gasteiger partial charge in [0.15, 0.2) is 0 Å². The van der Waals surface area contributed by atoms with Gasteiger partial charge in [-0.2, -0.15) is 0 Å². The second kappa shape index (κ2) is 8.27. The molecule has 2 aliphatic rings. The number of nitrogens with zero attached hydrogens (tertiary/aromatic N) is 3. The van der Waals surface area contributed by atoms with E-state index in [-0.39, 0.29) is 5.25 Å². The molecule has 8 nitrogen and oxygen atoms in total. The van der Waals surface area contributed by atoms with E-state index >= 15 is 0 Å². The number of ether oxygens (including phenoxy) is 1.